The van der Waals surface area contributed by atoms with Crippen LogP contribution in [0.5, 0.6) is 0 Å². The van der Waals surface area contributed by atoms with E-state index in [4.69, 9.17) is 11.6 Å². The summed E-state index contributed by atoms with van der Waals surface area (Å²) < 4.78 is 2.19. The second kappa shape index (κ2) is 10.3. The van der Waals surface area contributed by atoms with E-state index in [9.17, 15) is 0 Å². The van der Waals surface area contributed by atoms with E-state index in [1.54, 1.807) is 0 Å². The Labute approximate surface area is 168 Å². The molecule has 0 aliphatic rings. The fourth-order valence-corrected chi connectivity index (χ4v) is 3.81. The first kappa shape index (κ1) is 19.7. The molecular weight excluding hydrogens is 352 g/mol. The SMILES string of the molecule is Cc1ccc(CCCC(CCc2cccc(Cl)c2)CCn2ccnc2)cc1. The number of hydrogen-bond acceptors (Lipinski definition) is 1. The predicted octanol–water partition coefficient (Wildman–Crippen LogP) is 6.51. The summed E-state index contributed by atoms with van der Waals surface area (Å²) in [6.45, 7) is 3.19. The van der Waals surface area contributed by atoms with Gasteiger partial charge in [0.25, 0.3) is 0 Å². The molecule has 0 fully saturated rings. The second-order valence-corrected chi connectivity index (χ2v) is 7.94. The van der Waals surface area contributed by atoms with Gasteiger partial charge in [0.05, 0.1) is 6.33 Å². The van der Waals surface area contributed by atoms with Crippen LogP contribution in [0.3, 0.4) is 0 Å². The summed E-state index contributed by atoms with van der Waals surface area (Å²) >= 11 is 6.14. The van der Waals surface area contributed by atoms with Crippen LogP contribution in [0.2, 0.25) is 5.02 Å². The number of aromatic nitrogens is 2. The minimum Gasteiger partial charge on any atom is -0.337 e. The molecule has 1 atom stereocenters. The topological polar surface area (TPSA) is 17.8 Å². The Bertz CT molecular complexity index is 794. The Hall–Kier alpha value is -2.06. The lowest BCUT2D eigenvalue weighted by atomic mass is 9.90. The van der Waals surface area contributed by atoms with Crippen molar-refractivity contribution in [2.75, 3.05) is 0 Å². The molecule has 0 saturated carbocycles. The quantitative estimate of drug-likeness (QED) is 0.392. The van der Waals surface area contributed by atoms with Gasteiger partial charge in [0.1, 0.15) is 0 Å². The molecule has 1 heterocycles. The first-order valence-electron chi connectivity index (χ1n) is 9.95. The molecule has 0 saturated heterocycles. The average molecular weight is 381 g/mol. The van der Waals surface area contributed by atoms with Crippen LogP contribution in [-0.4, -0.2) is 9.55 Å². The largest absolute Gasteiger partial charge is 0.337 e. The van der Waals surface area contributed by atoms with Crippen molar-refractivity contribution in [2.24, 2.45) is 5.92 Å². The van der Waals surface area contributed by atoms with Crippen LogP contribution in [0.4, 0.5) is 0 Å². The van der Waals surface area contributed by atoms with Gasteiger partial charge in [0, 0.05) is 24.0 Å². The number of hydrogen-bond donors (Lipinski definition) is 0. The highest BCUT2D eigenvalue weighted by Gasteiger charge is 2.10. The fourth-order valence-electron chi connectivity index (χ4n) is 3.60. The van der Waals surface area contributed by atoms with Crippen molar-refractivity contribution in [2.45, 2.75) is 52.0 Å². The highest BCUT2D eigenvalue weighted by molar-refractivity contribution is 6.30. The van der Waals surface area contributed by atoms with Gasteiger partial charge >= 0.3 is 0 Å². The smallest absolute Gasteiger partial charge is 0.0945 e. The molecule has 0 amide bonds. The van der Waals surface area contributed by atoms with Crippen LogP contribution in [0.25, 0.3) is 0 Å². The summed E-state index contributed by atoms with van der Waals surface area (Å²) in [5.41, 5.74) is 4.12. The van der Waals surface area contributed by atoms with E-state index in [1.165, 1.54) is 48.8 Å². The van der Waals surface area contributed by atoms with Gasteiger partial charge < -0.3 is 4.57 Å². The maximum atomic E-state index is 6.14. The molecule has 27 heavy (non-hydrogen) atoms. The summed E-state index contributed by atoms with van der Waals surface area (Å²) in [6, 6.07) is 17.2. The minimum absolute atomic E-state index is 0.719. The molecule has 0 aliphatic carbocycles. The van der Waals surface area contributed by atoms with Crippen LogP contribution in [-0.2, 0) is 19.4 Å². The van der Waals surface area contributed by atoms with Crippen molar-refractivity contribution in [3.8, 4) is 0 Å². The highest BCUT2D eigenvalue weighted by atomic mass is 35.5. The van der Waals surface area contributed by atoms with Crippen LogP contribution in [0, 0.1) is 12.8 Å². The summed E-state index contributed by atoms with van der Waals surface area (Å²) in [7, 11) is 0. The fraction of sp³-hybridized carbons (Fsp3) is 0.375. The number of benzene rings is 2. The zero-order valence-electron chi connectivity index (χ0n) is 16.2. The van der Waals surface area contributed by atoms with E-state index >= 15 is 0 Å². The Morgan fingerprint density at radius 2 is 1.81 bits per heavy atom. The van der Waals surface area contributed by atoms with Gasteiger partial charge in [-0.05, 0) is 68.2 Å². The Morgan fingerprint density at radius 1 is 0.963 bits per heavy atom. The van der Waals surface area contributed by atoms with E-state index < -0.39 is 0 Å². The van der Waals surface area contributed by atoms with Crippen molar-refractivity contribution in [1.29, 1.82) is 0 Å². The zero-order chi connectivity index (χ0) is 18.9. The van der Waals surface area contributed by atoms with Gasteiger partial charge in [-0.25, -0.2) is 4.98 Å². The minimum atomic E-state index is 0.719. The first-order valence-corrected chi connectivity index (χ1v) is 10.3. The molecule has 3 rings (SSSR count). The maximum absolute atomic E-state index is 6.14. The summed E-state index contributed by atoms with van der Waals surface area (Å²) in [5.74, 6) is 0.719. The van der Waals surface area contributed by atoms with Gasteiger partial charge in [-0.3, -0.25) is 0 Å². The predicted molar refractivity (Wildman–Crippen MR) is 114 cm³/mol. The number of nitrogens with zero attached hydrogens (tertiary/aromatic N) is 2. The molecule has 0 N–H and O–H groups in total. The molecule has 0 radical (unpaired) electrons. The van der Waals surface area contributed by atoms with Gasteiger partial charge in [-0.2, -0.15) is 0 Å². The van der Waals surface area contributed by atoms with Crippen molar-refractivity contribution < 1.29 is 0 Å². The third kappa shape index (κ3) is 6.88. The average Bonchev–Trinajstić information content (AvgIpc) is 3.19. The molecule has 3 aromatic rings. The lowest BCUT2D eigenvalue weighted by Crippen LogP contribution is -2.08. The molecule has 0 bridgehead atoms. The van der Waals surface area contributed by atoms with Crippen molar-refractivity contribution in [1.82, 2.24) is 9.55 Å². The van der Waals surface area contributed by atoms with E-state index in [1.807, 2.05) is 18.6 Å². The molecule has 1 unspecified atom stereocenters. The molecule has 3 heteroatoms. The summed E-state index contributed by atoms with van der Waals surface area (Å²) in [6.07, 6.45) is 13.0. The molecule has 2 nitrogen and oxygen atoms in total. The Morgan fingerprint density at radius 3 is 2.56 bits per heavy atom. The number of aryl methyl sites for hydroxylation is 4. The van der Waals surface area contributed by atoms with Crippen molar-refractivity contribution in [3.63, 3.8) is 0 Å². The molecule has 1 aromatic heterocycles. The van der Waals surface area contributed by atoms with Crippen LogP contribution < -0.4 is 0 Å². The monoisotopic (exact) mass is 380 g/mol. The molecule has 2 aromatic carbocycles. The zero-order valence-corrected chi connectivity index (χ0v) is 16.9. The lowest BCUT2D eigenvalue weighted by molar-refractivity contribution is 0.383. The first-order chi connectivity index (χ1) is 13.2. The summed E-state index contributed by atoms with van der Waals surface area (Å²) in [5, 5.41) is 0.835. The van der Waals surface area contributed by atoms with E-state index in [2.05, 4.69) is 65.1 Å². The second-order valence-electron chi connectivity index (χ2n) is 7.50. The molecular formula is C24H29ClN2. The normalized spacial score (nSPS) is 12.2. The Kier molecular flexibility index (Phi) is 7.53. The lowest BCUT2D eigenvalue weighted by Gasteiger charge is -2.17. The van der Waals surface area contributed by atoms with Gasteiger partial charge in [-0.15, -0.1) is 0 Å². The Balaban J connectivity index is 1.52. The van der Waals surface area contributed by atoms with Crippen LogP contribution >= 0.6 is 11.6 Å². The third-order valence-electron chi connectivity index (χ3n) is 5.28. The van der Waals surface area contributed by atoms with Crippen molar-refractivity contribution in [3.05, 3.63) is 89.0 Å². The van der Waals surface area contributed by atoms with Gasteiger partial charge in [0.2, 0.25) is 0 Å². The van der Waals surface area contributed by atoms with E-state index in [0.29, 0.717) is 0 Å². The third-order valence-corrected chi connectivity index (χ3v) is 5.52. The molecule has 0 spiro atoms. The van der Waals surface area contributed by atoms with Crippen LogP contribution in [0.15, 0.2) is 67.3 Å². The number of halogens is 1. The molecule has 142 valence electrons. The number of imidazole rings is 1. The number of rotatable bonds is 10. The van der Waals surface area contributed by atoms with Crippen molar-refractivity contribution >= 4 is 11.6 Å². The van der Waals surface area contributed by atoms with E-state index in [-0.39, 0.29) is 0 Å². The van der Waals surface area contributed by atoms with Gasteiger partial charge in [-0.1, -0.05) is 60.0 Å². The van der Waals surface area contributed by atoms with Gasteiger partial charge in [0.15, 0.2) is 0 Å². The standard InChI is InChI=1S/C24H29ClN2/c1-20-8-10-21(11-9-20)4-2-5-22(14-16-27-17-15-26-19-27)12-13-23-6-3-7-24(25)18-23/h3,6-11,15,17-19,22H,2,4-5,12-14,16H2,1H3. The highest BCUT2D eigenvalue weighted by Crippen LogP contribution is 2.22. The maximum Gasteiger partial charge on any atom is 0.0945 e. The molecule has 0 aliphatic heterocycles. The van der Waals surface area contributed by atoms with Crippen LogP contribution in [0.1, 0.15) is 42.4 Å². The van der Waals surface area contributed by atoms with E-state index in [0.717, 1.165) is 23.9 Å². The summed E-state index contributed by atoms with van der Waals surface area (Å²) in [4.78, 5) is 4.16.